The van der Waals surface area contributed by atoms with Crippen molar-refractivity contribution in [2.75, 3.05) is 13.2 Å². The van der Waals surface area contributed by atoms with Gasteiger partial charge in [-0.3, -0.25) is 14.4 Å². The van der Waals surface area contributed by atoms with Crippen molar-refractivity contribution in [2.24, 2.45) is 0 Å². The highest BCUT2D eigenvalue weighted by Crippen LogP contribution is 2.16. The van der Waals surface area contributed by atoms with Crippen LogP contribution in [-0.2, 0) is 28.6 Å². The van der Waals surface area contributed by atoms with Crippen LogP contribution in [0.25, 0.3) is 0 Å². The number of allylic oxidation sites excluding steroid dienone is 24. The van der Waals surface area contributed by atoms with E-state index in [0.717, 1.165) is 173 Å². The second kappa shape index (κ2) is 69.8. The molecule has 0 aromatic carbocycles. The summed E-state index contributed by atoms with van der Waals surface area (Å²) in [6.45, 7) is 6.33. The van der Waals surface area contributed by atoms with Crippen molar-refractivity contribution < 1.29 is 28.6 Å². The highest BCUT2D eigenvalue weighted by atomic mass is 16.6. The fourth-order valence-corrected chi connectivity index (χ4v) is 9.24. The lowest BCUT2D eigenvalue weighted by atomic mass is 10.0. The maximum absolute atomic E-state index is 12.9. The maximum atomic E-state index is 12.9. The largest absolute Gasteiger partial charge is 0.462 e. The van der Waals surface area contributed by atoms with Crippen molar-refractivity contribution in [1.82, 2.24) is 0 Å². The molecule has 0 bridgehead atoms. The van der Waals surface area contributed by atoms with Gasteiger partial charge in [-0.15, -0.1) is 0 Å². The van der Waals surface area contributed by atoms with Crippen LogP contribution >= 0.6 is 0 Å². The molecule has 0 fully saturated rings. The molecule has 0 aliphatic carbocycles. The first-order valence-electron chi connectivity index (χ1n) is 34.3. The summed E-state index contributed by atoms with van der Waals surface area (Å²) in [5.74, 6) is -0.923. The van der Waals surface area contributed by atoms with E-state index in [1.807, 2.05) is 0 Å². The predicted molar refractivity (Wildman–Crippen MR) is 362 cm³/mol. The summed E-state index contributed by atoms with van der Waals surface area (Å²) in [6, 6.07) is 0. The lowest BCUT2D eigenvalue weighted by molar-refractivity contribution is -0.167. The minimum absolute atomic E-state index is 0.0937. The molecule has 0 saturated carbocycles. The third-order valence-electron chi connectivity index (χ3n) is 14.3. The van der Waals surface area contributed by atoms with Crippen molar-refractivity contribution in [3.63, 3.8) is 0 Å². The number of hydrogen-bond donors (Lipinski definition) is 0. The number of hydrogen-bond acceptors (Lipinski definition) is 6. The Bertz CT molecular complexity index is 1800. The van der Waals surface area contributed by atoms with Gasteiger partial charge < -0.3 is 14.2 Å². The second-order valence-corrected chi connectivity index (χ2v) is 22.3. The molecule has 0 N–H and O–H groups in total. The Labute approximate surface area is 512 Å². The molecule has 1 unspecified atom stereocenters. The summed E-state index contributed by atoms with van der Waals surface area (Å²) in [4.78, 5) is 38.4. The molecule has 0 rings (SSSR count). The minimum atomic E-state index is -0.801. The van der Waals surface area contributed by atoms with Gasteiger partial charge >= 0.3 is 17.9 Å². The van der Waals surface area contributed by atoms with E-state index in [0.29, 0.717) is 19.3 Å². The zero-order valence-electron chi connectivity index (χ0n) is 53.9. The molecule has 0 amide bonds. The fraction of sp³-hybridized carbons (Fsp3) is 0.649. The SMILES string of the molecule is CC/C=C\C/C=C\C/C=C\C/C=C\C/C=C\CCCCCCCCCCCCCCCCCC(=O)OCC(COC(=O)CCCCCCC/C=C\C/C=C\CCC)OC(=O)CCCCCCC/C=C\C/C=C\C/C=C\C/C=C\C/C=C\CC. The lowest BCUT2D eigenvalue weighted by Gasteiger charge is -2.18. The maximum Gasteiger partial charge on any atom is 0.306 e. The molecule has 6 nitrogen and oxygen atoms in total. The molecule has 0 heterocycles. The molecule has 0 aliphatic rings. The third kappa shape index (κ3) is 68.0. The number of carbonyl (C=O) groups excluding carboxylic acids is 3. The van der Waals surface area contributed by atoms with E-state index in [1.54, 1.807) is 0 Å². The molecule has 0 radical (unpaired) electrons. The molecule has 0 saturated heterocycles. The summed E-state index contributed by atoms with van der Waals surface area (Å²) < 4.78 is 16.9. The van der Waals surface area contributed by atoms with Crippen LogP contribution in [0.1, 0.15) is 303 Å². The van der Waals surface area contributed by atoms with Crippen molar-refractivity contribution >= 4 is 17.9 Å². The minimum Gasteiger partial charge on any atom is -0.462 e. The molecule has 0 spiro atoms. The Balaban J connectivity index is 4.30. The van der Waals surface area contributed by atoms with Crippen molar-refractivity contribution in [1.29, 1.82) is 0 Å². The van der Waals surface area contributed by atoms with Crippen LogP contribution in [0.3, 0.4) is 0 Å². The van der Waals surface area contributed by atoms with Crippen LogP contribution < -0.4 is 0 Å². The van der Waals surface area contributed by atoms with Crippen LogP contribution in [0.4, 0.5) is 0 Å². The monoisotopic (exact) mass is 1150 g/mol. The fourth-order valence-electron chi connectivity index (χ4n) is 9.24. The Hall–Kier alpha value is -4.71. The zero-order chi connectivity index (χ0) is 59.9. The van der Waals surface area contributed by atoms with Gasteiger partial charge in [-0.25, -0.2) is 0 Å². The van der Waals surface area contributed by atoms with Gasteiger partial charge in [-0.2, -0.15) is 0 Å². The van der Waals surface area contributed by atoms with Crippen molar-refractivity contribution in [3.05, 3.63) is 146 Å². The summed E-state index contributed by atoms with van der Waals surface area (Å²) in [5, 5.41) is 0. The molecule has 0 aliphatic heterocycles. The van der Waals surface area contributed by atoms with Crippen LogP contribution in [0.5, 0.6) is 0 Å². The number of carbonyl (C=O) groups is 3. The number of unbranched alkanes of at least 4 members (excludes halogenated alkanes) is 26. The first kappa shape index (κ1) is 78.3. The van der Waals surface area contributed by atoms with E-state index in [1.165, 1.54) is 89.9 Å². The van der Waals surface area contributed by atoms with Gasteiger partial charge in [-0.1, -0.05) is 295 Å². The molecular formula is C77H126O6. The number of esters is 3. The van der Waals surface area contributed by atoms with E-state index in [2.05, 4.69) is 167 Å². The van der Waals surface area contributed by atoms with Crippen LogP contribution in [-0.4, -0.2) is 37.2 Å². The second-order valence-electron chi connectivity index (χ2n) is 22.3. The van der Waals surface area contributed by atoms with E-state index >= 15 is 0 Å². The predicted octanol–water partition coefficient (Wildman–Crippen LogP) is 23.9. The highest BCUT2D eigenvalue weighted by Gasteiger charge is 2.19. The first-order chi connectivity index (χ1) is 41.0. The Kier molecular flexibility index (Phi) is 65.8. The summed E-state index contributed by atoms with van der Waals surface area (Å²) in [6.07, 6.45) is 100. The van der Waals surface area contributed by atoms with Crippen LogP contribution in [0.15, 0.2) is 146 Å². The molecule has 0 aromatic heterocycles. The molecular weight excluding hydrogens is 1020 g/mol. The van der Waals surface area contributed by atoms with Crippen LogP contribution in [0, 0.1) is 0 Å². The average molecular weight is 1150 g/mol. The smallest absolute Gasteiger partial charge is 0.306 e. The normalized spacial score (nSPS) is 13.0. The molecule has 0 aromatic rings. The Morgan fingerprint density at radius 3 is 0.735 bits per heavy atom. The summed E-state index contributed by atoms with van der Waals surface area (Å²) >= 11 is 0. The molecule has 470 valence electrons. The third-order valence-corrected chi connectivity index (χ3v) is 14.3. The highest BCUT2D eigenvalue weighted by molar-refractivity contribution is 5.71. The van der Waals surface area contributed by atoms with E-state index in [-0.39, 0.29) is 31.1 Å². The van der Waals surface area contributed by atoms with E-state index in [4.69, 9.17) is 14.2 Å². The molecule has 83 heavy (non-hydrogen) atoms. The first-order valence-corrected chi connectivity index (χ1v) is 34.3. The standard InChI is InChI=1S/C77H126O6/c1-4-7-10-13-16-19-22-25-27-29-31-33-34-35-36-37-38-39-40-41-42-44-45-47-49-52-55-58-61-64-67-70-76(79)82-73-74(72-81-75(78)69-66-63-60-57-54-51-24-21-18-15-12-9-6-3)83-77(80)71-68-65-62-59-56-53-50-48-46-43-32-30-28-26-23-20-17-14-11-8-5-2/h7-8,10-12,15-17,19-21,24-28,31-33,35-36,43,48,50,74H,4-6,9,13-14,18,22-23,29-30,34,37-42,44-47,49,51-73H2,1-3H3/b10-7-,11-8-,15-12-,19-16-,20-17-,24-21-,27-25-,28-26-,33-31-,36-35-,43-32-,50-48-. The van der Waals surface area contributed by atoms with Gasteiger partial charge in [0.25, 0.3) is 0 Å². The quantitative estimate of drug-likeness (QED) is 0.0261. The Morgan fingerprint density at radius 1 is 0.253 bits per heavy atom. The van der Waals surface area contributed by atoms with Gasteiger partial charge in [0.15, 0.2) is 6.10 Å². The van der Waals surface area contributed by atoms with Gasteiger partial charge in [0.2, 0.25) is 0 Å². The Morgan fingerprint density at radius 2 is 0.470 bits per heavy atom. The summed E-state index contributed by atoms with van der Waals surface area (Å²) in [7, 11) is 0. The van der Waals surface area contributed by atoms with Gasteiger partial charge in [-0.05, 0) is 135 Å². The van der Waals surface area contributed by atoms with E-state index in [9.17, 15) is 14.4 Å². The van der Waals surface area contributed by atoms with Gasteiger partial charge in [0.1, 0.15) is 13.2 Å². The van der Waals surface area contributed by atoms with Crippen molar-refractivity contribution in [2.45, 2.75) is 309 Å². The van der Waals surface area contributed by atoms with E-state index < -0.39 is 6.10 Å². The van der Waals surface area contributed by atoms with Crippen LogP contribution in [0.2, 0.25) is 0 Å². The summed E-state index contributed by atoms with van der Waals surface area (Å²) in [5.41, 5.74) is 0. The number of ether oxygens (including phenoxy) is 3. The van der Waals surface area contributed by atoms with Gasteiger partial charge in [0, 0.05) is 19.3 Å². The lowest BCUT2D eigenvalue weighted by Crippen LogP contribution is -2.30. The number of rotatable bonds is 61. The molecule has 1 atom stereocenters. The average Bonchev–Trinajstić information content (AvgIpc) is 3.49. The van der Waals surface area contributed by atoms with Gasteiger partial charge in [0.05, 0.1) is 0 Å². The van der Waals surface area contributed by atoms with Crippen molar-refractivity contribution in [3.8, 4) is 0 Å². The zero-order valence-corrected chi connectivity index (χ0v) is 53.9. The topological polar surface area (TPSA) is 78.9 Å². The molecule has 6 heteroatoms.